The van der Waals surface area contributed by atoms with Gasteiger partial charge in [-0.25, -0.2) is 4.79 Å². The fourth-order valence-electron chi connectivity index (χ4n) is 1.61. The molecule has 0 saturated heterocycles. The van der Waals surface area contributed by atoms with E-state index in [2.05, 4.69) is 10.6 Å². The summed E-state index contributed by atoms with van der Waals surface area (Å²) in [4.78, 5) is 23.5. The number of benzene rings is 1. The Morgan fingerprint density at radius 3 is 2.57 bits per heavy atom. The first-order chi connectivity index (χ1) is 10.1. The van der Waals surface area contributed by atoms with Gasteiger partial charge < -0.3 is 24.8 Å². The second-order valence-corrected chi connectivity index (χ2v) is 4.12. The molecule has 1 amide bonds. The standard InChI is InChI=1S/C14H20N2O5/c1-19-7-6-15-9-13(17)16-12-5-4-10(20-2)8-11(12)14(18)21-3/h4-5,8,15H,6-7,9H2,1-3H3,(H,16,17). The van der Waals surface area contributed by atoms with E-state index >= 15 is 0 Å². The monoisotopic (exact) mass is 296 g/mol. The van der Waals surface area contributed by atoms with Gasteiger partial charge in [0.1, 0.15) is 5.75 Å². The lowest BCUT2D eigenvalue weighted by Gasteiger charge is -2.11. The number of methoxy groups -OCH3 is 3. The minimum absolute atomic E-state index is 0.121. The maximum absolute atomic E-state index is 11.8. The van der Waals surface area contributed by atoms with Crippen LogP contribution in [0.3, 0.4) is 0 Å². The summed E-state index contributed by atoms with van der Waals surface area (Å²) in [6.45, 7) is 1.20. The Kier molecular flexibility index (Phi) is 7.20. The zero-order valence-corrected chi connectivity index (χ0v) is 12.4. The maximum atomic E-state index is 11.8. The van der Waals surface area contributed by atoms with Gasteiger partial charge in [0.2, 0.25) is 5.91 Å². The molecule has 0 aromatic heterocycles. The Labute approximate surface area is 123 Å². The molecule has 0 bridgehead atoms. The first-order valence-electron chi connectivity index (χ1n) is 6.38. The van der Waals surface area contributed by atoms with Crippen molar-refractivity contribution in [1.82, 2.24) is 5.32 Å². The molecule has 2 N–H and O–H groups in total. The molecule has 7 heteroatoms. The summed E-state index contributed by atoms with van der Waals surface area (Å²) in [5.41, 5.74) is 0.614. The van der Waals surface area contributed by atoms with Gasteiger partial charge in [0.25, 0.3) is 0 Å². The third-order valence-electron chi connectivity index (χ3n) is 2.67. The molecule has 0 radical (unpaired) electrons. The fraction of sp³-hybridized carbons (Fsp3) is 0.429. The molecule has 0 fully saturated rings. The van der Waals surface area contributed by atoms with Gasteiger partial charge in [0, 0.05) is 13.7 Å². The molecule has 1 aromatic rings. The van der Waals surface area contributed by atoms with E-state index in [0.717, 1.165) is 0 Å². The van der Waals surface area contributed by atoms with E-state index in [9.17, 15) is 9.59 Å². The van der Waals surface area contributed by atoms with Crippen LogP contribution in [-0.4, -0.2) is 52.9 Å². The Morgan fingerprint density at radius 1 is 1.19 bits per heavy atom. The largest absolute Gasteiger partial charge is 0.497 e. The molecule has 116 valence electrons. The van der Waals surface area contributed by atoms with Crippen molar-refractivity contribution >= 4 is 17.6 Å². The number of hydrogen-bond acceptors (Lipinski definition) is 6. The van der Waals surface area contributed by atoms with Gasteiger partial charge in [-0.2, -0.15) is 0 Å². The fourth-order valence-corrected chi connectivity index (χ4v) is 1.61. The summed E-state index contributed by atoms with van der Waals surface area (Å²) in [7, 11) is 4.36. The third-order valence-corrected chi connectivity index (χ3v) is 2.67. The van der Waals surface area contributed by atoms with Crippen LogP contribution in [0.15, 0.2) is 18.2 Å². The van der Waals surface area contributed by atoms with Gasteiger partial charge >= 0.3 is 5.97 Å². The van der Waals surface area contributed by atoms with E-state index in [0.29, 0.717) is 24.6 Å². The predicted octanol–water partition coefficient (Wildman–Crippen LogP) is 0.656. The molecule has 0 unspecified atom stereocenters. The predicted molar refractivity (Wildman–Crippen MR) is 77.7 cm³/mol. The summed E-state index contributed by atoms with van der Waals surface area (Å²) in [5, 5.41) is 5.57. The maximum Gasteiger partial charge on any atom is 0.340 e. The SMILES string of the molecule is COCCNCC(=O)Nc1ccc(OC)cc1C(=O)OC. The van der Waals surface area contributed by atoms with Crippen molar-refractivity contribution in [3.8, 4) is 5.75 Å². The van der Waals surface area contributed by atoms with Crippen molar-refractivity contribution in [2.24, 2.45) is 0 Å². The van der Waals surface area contributed by atoms with E-state index < -0.39 is 5.97 Å². The third kappa shape index (κ3) is 5.41. The molecule has 21 heavy (non-hydrogen) atoms. The topological polar surface area (TPSA) is 85.9 Å². The normalized spacial score (nSPS) is 10.0. The number of amides is 1. The molecule has 7 nitrogen and oxygen atoms in total. The zero-order chi connectivity index (χ0) is 15.7. The minimum Gasteiger partial charge on any atom is -0.497 e. The number of ether oxygens (including phenoxy) is 3. The van der Waals surface area contributed by atoms with E-state index in [4.69, 9.17) is 14.2 Å². The van der Waals surface area contributed by atoms with Crippen LogP contribution in [0.25, 0.3) is 0 Å². The molecule has 1 rings (SSSR count). The van der Waals surface area contributed by atoms with E-state index in [1.807, 2.05) is 0 Å². The van der Waals surface area contributed by atoms with Crippen molar-refractivity contribution in [3.05, 3.63) is 23.8 Å². The van der Waals surface area contributed by atoms with Gasteiger partial charge in [-0.1, -0.05) is 0 Å². The van der Waals surface area contributed by atoms with Crippen LogP contribution in [0, 0.1) is 0 Å². The first kappa shape index (κ1) is 16.9. The first-order valence-corrected chi connectivity index (χ1v) is 6.38. The van der Waals surface area contributed by atoms with E-state index in [1.165, 1.54) is 20.3 Å². The van der Waals surface area contributed by atoms with Crippen LogP contribution >= 0.6 is 0 Å². The summed E-state index contributed by atoms with van der Waals surface area (Å²) in [6.07, 6.45) is 0. The highest BCUT2D eigenvalue weighted by Gasteiger charge is 2.15. The molecule has 0 aliphatic rings. The molecule has 0 atom stereocenters. The lowest BCUT2D eigenvalue weighted by atomic mass is 10.1. The number of carbonyl (C=O) groups is 2. The minimum atomic E-state index is -0.545. The average molecular weight is 296 g/mol. The Bertz CT molecular complexity index is 490. The van der Waals surface area contributed by atoms with Crippen LogP contribution in [-0.2, 0) is 14.3 Å². The molecule has 0 aliphatic carbocycles. The summed E-state index contributed by atoms with van der Waals surface area (Å²) >= 11 is 0. The number of hydrogen-bond donors (Lipinski definition) is 2. The van der Waals surface area contributed by atoms with Gasteiger partial charge in [-0.3, -0.25) is 4.79 Å². The van der Waals surface area contributed by atoms with Crippen LogP contribution < -0.4 is 15.4 Å². The number of nitrogens with one attached hydrogen (secondary N) is 2. The quantitative estimate of drug-likeness (QED) is 0.541. The van der Waals surface area contributed by atoms with Crippen LogP contribution in [0.1, 0.15) is 10.4 Å². The molecule has 0 aliphatic heterocycles. The second kappa shape index (κ2) is 8.93. The van der Waals surface area contributed by atoms with E-state index in [1.54, 1.807) is 19.2 Å². The molecular formula is C14H20N2O5. The van der Waals surface area contributed by atoms with Crippen molar-refractivity contribution in [2.45, 2.75) is 0 Å². The summed E-state index contributed by atoms with van der Waals surface area (Å²) in [5.74, 6) is -0.301. The molecule has 1 aromatic carbocycles. The molecular weight excluding hydrogens is 276 g/mol. The Morgan fingerprint density at radius 2 is 1.95 bits per heavy atom. The van der Waals surface area contributed by atoms with Gasteiger partial charge in [0.15, 0.2) is 0 Å². The summed E-state index contributed by atoms with van der Waals surface area (Å²) in [6, 6.07) is 4.76. The van der Waals surface area contributed by atoms with Crippen molar-refractivity contribution < 1.29 is 23.8 Å². The van der Waals surface area contributed by atoms with Gasteiger partial charge in [0.05, 0.1) is 38.6 Å². The Hall–Kier alpha value is -2.12. The molecule has 0 spiro atoms. The van der Waals surface area contributed by atoms with Crippen molar-refractivity contribution in [3.63, 3.8) is 0 Å². The zero-order valence-electron chi connectivity index (χ0n) is 12.4. The Balaban J connectivity index is 2.73. The highest BCUT2D eigenvalue weighted by molar-refractivity contribution is 6.02. The van der Waals surface area contributed by atoms with Crippen LogP contribution in [0.2, 0.25) is 0 Å². The van der Waals surface area contributed by atoms with Crippen LogP contribution in [0.5, 0.6) is 5.75 Å². The lowest BCUT2D eigenvalue weighted by Crippen LogP contribution is -2.30. The average Bonchev–Trinajstić information content (AvgIpc) is 2.51. The number of anilines is 1. The summed E-state index contributed by atoms with van der Waals surface area (Å²) < 4.78 is 14.6. The highest BCUT2D eigenvalue weighted by atomic mass is 16.5. The highest BCUT2D eigenvalue weighted by Crippen LogP contribution is 2.22. The molecule has 0 heterocycles. The number of carbonyl (C=O) groups excluding carboxylic acids is 2. The second-order valence-electron chi connectivity index (χ2n) is 4.12. The number of rotatable bonds is 8. The smallest absolute Gasteiger partial charge is 0.340 e. The van der Waals surface area contributed by atoms with Crippen molar-refractivity contribution in [1.29, 1.82) is 0 Å². The van der Waals surface area contributed by atoms with E-state index in [-0.39, 0.29) is 18.0 Å². The van der Waals surface area contributed by atoms with Gasteiger partial charge in [-0.05, 0) is 18.2 Å². The molecule has 0 saturated carbocycles. The van der Waals surface area contributed by atoms with Crippen LogP contribution in [0.4, 0.5) is 5.69 Å². The van der Waals surface area contributed by atoms with Crippen molar-refractivity contribution in [2.75, 3.05) is 46.3 Å². The van der Waals surface area contributed by atoms with Gasteiger partial charge in [-0.15, -0.1) is 0 Å². The number of esters is 1. The lowest BCUT2D eigenvalue weighted by molar-refractivity contribution is -0.115.